The van der Waals surface area contributed by atoms with Crippen LogP contribution in [0.5, 0.6) is 5.75 Å². The van der Waals surface area contributed by atoms with Gasteiger partial charge in [-0.15, -0.1) is 0 Å². The van der Waals surface area contributed by atoms with Gasteiger partial charge in [-0.1, -0.05) is 19.9 Å². The number of methoxy groups -OCH3 is 1. The monoisotopic (exact) mass is 269 g/mol. The van der Waals surface area contributed by atoms with Gasteiger partial charge in [0.2, 0.25) is 0 Å². The molecule has 0 spiro atoms. The van der Waals surface area contributed by atoms with E-state index in [1.807, 2.05) is 13.1 Å². The van der Waals surface area contributed by atoms with Gasteiger partial charge < -0.3 is 14.7 Å². The van der Waals surface area contributed by atoms with Crippen LogP contribution in [0.25, 0.3) is 0 Å². The summed E-state index contributed by atoms with van der Waals surface area (Å²) in [6.45, 7) is 5.11. The molecule has 0 saturated carbocycles. The summed E-state index contributed by atoms with van der Waals surface area (Å²) in [5, 5.41) is 9.36. The van der Waals surface area contributed by atoms with Crippen molar-refractivity contribution < 1.29 is 14.2 Å². The van der Waals surface area contributed by atoms with E-state index < -0.39 is 0 Å². The van der Waals surface area contributed by atoms with Gasteiger partial charge in [-0.2, -0.15) is 0 Å². The molecule has 1 aromatic rings. The summed E-state index contributed by atoms with van der Waals surface area (Å²) in [7, 11) is 3.45. The Morgan fingerprint density at radius 1 is 1.37 bits per heavy atom. The lowest BCUT2D eigenvalue weighted by Crippen LogP contribution is -2.39. The normalized spacial score (nSPS) is 13.1. The van der Waals surface area contributed by atoms with Gasteiger partial charge >= 0.3 is 0 Å². The number of aliphatic hydroxyl groups excluding tert-OH is 1. The molecule has 19 heavy (non-hydrogen) atoms. The van der Waals surface area contributed by atoms with Crippen LogP contribution in [0.3, 0.4) is 0 Å². The molecule has 1 N–H and O–H groups in total. The highest BCUT2D eigenvalue weighted by molar-refractivity contribution is 5.29. The van der Waals surface area contributed by atoms with Crippen LogP contribution in [0.4, 0.5) is 4.39 Å². The zero-order chi connectivity index (χ0) is 14.4. The second-order valence-corrected chi connectivity index (χ2v) is 5.19. The van der Waals surface area contributed by atoms with Crippen molar-refractivity contribution in [3.63, 3.8) is 0 Å². The molecule has 0 amide bonds. The Kier molecular flexibility index (Phi) is 6.25. The van der Waals surface area contributed by atoms with Crippen LogP contribution in [-0.2, 0) is 6.42 Å². The van der Waals surface area contributed by atoms with Crippen LogP contribution >= 0.6 is 0 Å². The van der Waals surface area contributed by atoms with Crippen LogP contribution in [0.1, 0.15) is 19.4 Å². The minimum absolute atomic E-state index is 0.142. The summed E-state index contributed by atoms with van der Waals surface area (Å²) in [4.78, 5) is 2.12. The SMILES string of the molecule is COc1ccc(CCN(C)C(CO)C(C)C)cc1F. The van der Waals surface area contributed by atoms with Crippen LogP contribution < -0.4 is 4.74 Å². The molecule has 3 nitrogen and oxygen atoms in total. The number of rotatable bonds is 7. The molecule has 0 aliphatic rings. The fourth-order valence-corrected chi connectivity index (χ4v) is 2.20. The van der Waals surface area contributed by atoms with E-state index in [0.29, 0.717) is 5.92 Å². The zero-order valence-corrected chi connectivity index (χ0v) is 12.2. The van der Waals surface area contributed by atoms with E-state index >= 15 is 0 Å². The first kappa shape index (κ1) is 15.9. The maximum absolute atomic E-state index is 13.5. The molecule has 0 saturated heterocycles. The first-order chi connectivity index (χ1) is 8.99. The first-order valence-corrected chi connectivity index (χ1v) is 6.63. The molecular formula is C15H24FNO2. The molecule has 0 aromatic heterocycles. The second-order valence-electron chi connectivity index (χ2n) is 5.19. The number of nitrogens with zero attached hydrogens (tertiary/aromatic N) is 1. The highest BCUT2D eigenvalue weighted by Gasteiger charge is 2.17. The zero-order valence-electron chi connectivity index (χ0n) is 12.2. The van der Waals surface area contributed by atoms with E-state index in [9.17, 15) is 9.50 Å². The standard InChI is InChI=1S/C15H24FNO2/c1-11(2)14(10-18)17(3)8-7-12-5-6-15(19-4)13(16)9-12/h5-6,9,11,14,18H,7-8,10H2,1-4H3. The summed E-state index contributed by atoms with van der Waals surface area (Å²) >= 11 is 0. The van der Waals surface area contributed by atoms with Crippen molar-refractivity contribution in [3.05, 3.63) is 29.6 Å². The quantitative estimate of drug-likeness (QED) is 0.824. The molecule has 0 radical (unpaired) electrons. The maximum atomic E-state index is 13.5. The summed E-state index contributed by atoms with van der Waals surface area (Å²) in [5.41, 5.74) is 0.936. The molecule has 1 rings (SSSR count). The Balaban J connectivity index is 2.59. The lowest BCUT2D eigenvalue weighted by Gasteiger charge is -2.29. The molecule has 0 heterocycles. The van der Waals surface area contributed by atoms with Crippen LogP contribution in [0.2, 0.25) is 0 Å². The second kappa shape index (κ2) is 7.46. The molecule has 0 aliphatic carbocycles. The van der Waals surface area contributed by atoms with E-state index in [4.69, 9.17) is 4.74 Å². The third-order valence-electron chi connectivity index (χ3n) is 3.49. The van der Waals surface area contributed by atoms with Crippen molar-refractivity contribution in [3.8, 4) is 5.75 Å². The van der Waals surface area contributed by atoms with Crippen molar-refractivity contribution in [2.75, 3.05) is 27.3 Å². The van der Waals surface area contributed by atoms with Gasteiger partial charge in [0.15, 0.2) is 11.6 Å². The van der Waals surface area contributed by atoms with E-state index in [-0.39, 0.29) is 24.2 Å². The summed E-state index contributed by atoms with van der Waals surface area (Å²) < 4.78 is 18.4. The fraction of sp³-hybridized carbons (Fsp3) is 0.600. The molecular weight excluding hydrogens is 245 g/mol. The maximum Gasteiger partial charge on any atom is 0.165 e. The highest BCUT2D eigenvalue weighted by atomic mass is 19.1. The number of ether oxygens (including phenoxy) is 1. The molecule has 1 unspecified atom stereocenters. The van der Waals surface area contributed by atoms with Crippen LogP contribution in [-0.4, -0.2) is 43.4 Å². The Hall–Kier alpha value is -1.13. The van der Waals surface area contributed by atoms with Crippen LogP contribution in [0.15, 0.2) is 18.2 Å². The number of benzene rings is 1. The minimum Gasteiger partial charge on any atom is -0.494 e. The number of hydrogen-bond donors (Lipinski definition) is 1. The topological polar surface area (TPSA) is 32.7 Å². The highest BCUT2D eigenvalue weighted by Crippen LogP contribution is 2.18. The Bertz CT molecular complexity index is 396. The van der Waals surface area contributed by atoms with Gasteiger partial charge in [-0.05, 0) is 37.1 Å². The minimum atomic E-state index is -0.328. The van der Waals surface area contributed by atoms with Gasteiger partial charge in [0.1, 0.15) is 0 Å². The van der Waals surface area contributed by atoms with E-state index in [0.717, 1.165) is 18.5 Å². The predicted octanol–water partition coefficient (Wildman–Crippen LogP) is 2.33. The number of halogens is 1. The van der Waals surface area contributed by atoms with Gasteiger partial charge in [0, 0.05) is 12.6 Å². The molecule has 0 fully saturated rings. The Labute approximate surface area is 115 Å². The van der Waals surface area contributed by atoms with Gasteiger partial charge in [-0.3, -0.25) is 0 Å². The lowest BCUT2D eigenvalue weighted by molar-refractivity contribution is 0.114. The Morgan fingerprint density at radius 3 is 2.53 bits per heavy atom. The van der Waals surface area contributed by atoms with E-state index in [2.05, 4.69) is 18.7 Å². The molecule has 4 heteroatoms. The van der Waals surface area contributed by atoms with E-state index in [1.165, 1.54) is 13.2 Å². The third kappa shape index (κ3) is 4.48. The molecule has 108 valence electrons. The fourth-order valence-electron chi connectivity index (χ4n) is 2.20. The molecule has 1 atom stereocenters. The Morgan fingerprint density at radius 2 is 2.05 bits per heavy atom. The van der Waals surface area contributed by atoms with Gasteiger partial charge in [0.05, 0.1) is 13.7 Å². The average molecular weight is 269 g/mol. The smallest absolute Gasteiger partial charge is 0.165 e. The molecule has 0 aliphatic heterocycles. The van der Waals surface area contributed by atoms with E-state index in [1.54, 1.807) is 6.07 Å². The van der Waals surface area contributed by atoms with Crippen molar-refractivity contribution in [2.24, 2.45) is 5.92 Å². The number of hydrogen-bond acceptors (Lipinski definition) is 3. The first-order valence-electron chi connectivity index (χ1n) is 6.63. The van der Waals surface area contributed by atoms with Crippen molar-refractivity contribution in [1.29, 1.82) is 0 Å². The van der Waals surface area contributed by atoms with Crippen molar-refractivity contribution in [1.82, 2.24) is 4.90 Å². The number of aliphatic hydroxyl groups is 1. The lowest BCUT2D eigenvalue weighted by atomic mass is 10.0. The molecule has 1 aromatic carbocycles. The largest absolute Gasteiger partial charge is 0.494 e. The molecule has 0 bridgehead atoms. The summed E-state index contributed by atoms with van der Waals surface area (Å²) in [6.07, 6.45) is 0.751. The van der Waals surface area contributed by atoms with Gasteiger partial charge in [-0.25, -0.2) is 4.39 Å². The predicted molar refractivity (Wildman–Crippen MR) is 75.0 cm³/mol. The summed E-state index contributed by atoms with van der Waals surface area (Å²) in [6, 6.07) is 5.18. The number of likely N-dealkylation sites (N-methyl/N-ethyl adjacent to an activating group) is 1. The summed E-state index contributed by atoms with van der Waals surface area (Å²) in [5.74, 6) is 0.334. The van der Waals surface area contributed by atoms with Crippen LogP contribution in [0, 0.1) is 11.7 Å². The van der Waals surface area contributed by atoms with Gasteiger partial charge in [0.25, 0.3) is 0 Å². The van der Waals surface area contributed by atoms with Crippen molar-refractivity contribution in [2.45, 2.75) is 26.3 Å². The van der Waals surface area contributed by atoms with Crippen molar-refractivity contribution >= 4 is 0 Å². The third-order valence-corrected chi connectivity index (χ3v) is 3.49. The average Bonchev–Trinajstić information content (AvgIpc) is 2.37.